The molecule has 3 aromatic carbocycles. The van der Waals surface area contributed by atoms with Crippen molar-refractivity contribution in [3.8, 4) is 22.8 Å². The van der Waals surface area contributed by atoms with Crippen LogP contribution in [0.5, 0.6) is 11.5 Å². The number of rotatable bonds is 6. The van der Waals surface area contributed by atoms with E-state index < -0.39 is 0 Å². The van der Waals surface area contributed by atoms with Crippen LogP contribution < -0.4 is 14.8 Å². The number of para-hydroxylation sites is 1. The van der Waals surface area contributed by atoms with Crippen LogP contribution in [0.4, 0.5) is 5.69 Å². The average molecular weight is 456 g/mol. The van der Waals surface area contributed by atoms with Gasteiger partial charge in [-0.1, -0.05) is 18.2 Å². The van der Waals surface area contributed by atoms with E-state index >= 15 is 0 Å². The summed E-state index contributed by atoms with van der Waals surface area (Å²) in [6.45, 7) is 0. The van der Waals surface area contributed by atoms with Gasteiger partial charge in [0.25, 0.3) is 11.8 Å². The SMILES string of the molecule is COc1ccc(-c2cc(C(=O)Nc3ccc(C(=O)N(C)C)cc3)c3ccccc3n2)cc1OC. The molecule has 0 fully saturated rings. The third-order valence-electron chi connectivity index (χ3n) is 5.44. The number of aromatic nitrogens is 1. The molecule has 4 aromatic rings. The molecule has 0 saturated carbocycles. The number of methoxy groups -OCH3 is 2. The molecule has 0 radical (unpaired) electrons. The minimum Gasteiger partial charge on any atom is -0.493 e. The van der Waals surface area contributed by atoms with Crippen LogP contribution in [0.15, 0.2) is 72.8 Å². The summed E-state index contributed by atoms with van der Waals surface area (Å²) in [5.41, 5.74) is 3.76. The van der Waals surface area contributed by atoms with Crippen molar-refractivity contribution in [2.45, 2.75) is 0 Å². The Morgan fingerprint density at radius 1 is 0.853 bits per heavy atom. The number of nitrogens with zero attached hydrogens (tertiary/aromatic N) is 2. The first-order chi connectivity index (χ1) is 16.4. The van der Waals surface area contributed by atoms with E-state index in [2.05, 4.69) is 5.32 Å². The van der Waals surface area contributed by atoms with E-state index in [0.29, 0.717) is 39.5 Å². The van der Waals surface area contributed by atoms with Crippen LogP contribution in [0.2, 0.25) is 0 Å². The van der Waals surface area contributed by atoms with Crippen LogP contribution in [0.3, 0.4) is 0 Å². The van der Waals surface area contributed by atoms with Gasteiger partial charge in [-0.3, -0.25) is 9.59 Å². The highest BCUT2D eigenvalue weighted by Crippen LogP contribution is 2.33. The zero-order valence-corrected chi connectivity index (χ0v) is 19.5. The maximum absolute atomic E-state index is 13.3. The average Bonchev–Trinajstić information content (AvgIpc) is 2.87. The molecule has 4 rings (SSSR count). The highest BCUT2D eigenvalue weighted by atomic mass is 16.5. The number of hydrogen-bond acceptors (Lipinski definition) is 5. The summed E-state index contributed by atoms with van der Waals surface area (Å²) in [7, 11) is 6.55. The molecule has 7 heteroatoms. The van der Waals surface area contributed by atoms with Gasteiger partial charge in [0, 0.05) is 36.3 Å². The highest BCUT2D eigenvalue weighted by molar-refractivity contribution is 6.13. The molecular weight excluding hydrogens is 430 g/mol. The molecule has 7 nitrogen and oxygen atoms in total. The van der Waals surface area contributed by atoms with Gasteiger partial charge in [-0.15, -0.1) is 0 Å². The number of fused-ring (bicyclic) bond motifs is 1. The van der Waals surface area contributed by atoms with Gasteiger partial charge in [-0.25, -0.2) is 4.98 Å². The molecular formula is C27H25N3O4. The van der Waals surface area contributed by atoms with Crippen molar-refractivity contribution in [1.29, 1.82) is 0 Å². The maximum Gasteiger partial charge on any atom is 0.256 e. The third kappa shape index (κ3) is 4.54. The Morgan fingerprint density at radius 2 is 1.56 bits per heavy atom. The molecule has 0 atom stereocenters. The van der Waals surface area contributed by atoms with E-state index in [1.165, 1.54) is 4.90 Å². The first-order valence-corrected chi connectivity index (χ1v) is 10.7. The fourth-order valence-electron chi connectivity index (χ4n) is 3.66. The molecule has 1 heterocycles. The van der Waals surface area contributed by atoms with Crippen LogP contribution >= 0.6 is 0 Å². The van der Waals surface area contributed by atoms with E-state index in [1.807, 2.05) is 36.4 Å². The molecule has 1 aromatic heterocycles. The second-order valence-corrected chi connectivity index (χ2v) is 7.87. The van der Waals surface area contributed by atoms with Crippen LogP contribution in [0, 0.1) is 0 Å². The molecule has 0 bridgehead atoms. The van der Waals surface area contributed by atoms with Crippen molar-refractivity contribution in [1.82, 2.24) is 9.88 Å². The number of nitrogens with one attached hydrogen (secondary N) is 1. The van der Waals surface area contributed by atoms with Crippen molar-refractivity contribution >= 4 is 28.4 Å². The Balaban J connectivity index is 1.71. The number of benzene rings is 3. The van der Waals surface area contributed by atoms with Crippen LogP contribution in [0.25, 0.3) is 22.2 Å². The molecule has 0 aliphatic heterocycles. The largest absolute Gasteiger partial charge is 0.493 e. The van der Waals surface area contributed by atoms with Crippen LogP contribution in [-0.4, -0.2) is 50.0 Å². The minimum absolute atomic E-state index is 0.0995. The number of amides is 2. The summed E-state index contributed by atoms with van der Waals surface area (Å²) in [5, 5.41) is 3.67. The van der Waals surface area contributed by atoms with Crippen molar-refractivity contribution in [2.75, 3.05) is 33.6 Å². The summed E-state index contributed by atoms with van der Waals surface area (Å²) >= 11 is 0. The second-order valence-electron chi connectivity index (χ2n) is 7.87. The molecule has 0 aliphatic carbocycles. The monoisotopic (exact) mass is 455 g/mol. The van der Waals surface area contributed by atoms with E-state index in [1.54, 1.807) is 64.7 Å². The zero-order valence-electron chi connectivity index (χ0n) is 19.5. The number of carbonyl (C=O) groups excluding carboxylic acids is 2. The topological polar surface area (TPSA) is 80.8 Å². The lowest BCUT2D eigenvalue weighted by Gasteiger charge is -2.13. The summed E-state index contributed by atoms with van der Waals surface area (Å²) < 4.78 is 10.8. The summed E-state index contributed by atoms with van der Waals surface area (Å²) in [4.78, 5) is 31.7. The van der Waals surface area contributed by atoms with Crippen molar-refractivity contribution in [2.24, 2.45) is 0 Å². The zero-order chi connectivity index (χ0) is 24.2. The van der Waals surface area contributed by atoms with Gasteiger partial charge < -0.3 is 19.7 Å². The lowest BCUT2D eigenvalue weighted by Crippen LogP contribution is -2.21. The lowest BCUT2D eigenvalue weighted by atomic mass is 10.0. The van der Waals surface area contributed by atoms with E-state index in [0.717, 1.165) is 10.9 Å². The summed E-state index contributed by atoms with van der Waals surface area (Å²) in [5.74, 6) is 0.819. The van der Waals surface area contributed by atoms with Crippen molar-refractivity contribution < 1.29 is 19.1 Å². The van der Waals surface area contributed by atoms with Gasteiger partial charge in [0.05, 0.1) is 31.0 Å². The van der Waals surface area contributed by atoms with Gasteiger partial charge >= 0.3 is 0 Å². The van der Waals surface area contributed by atoms with Crippen molar-refractivity contribution in [3.05, 3.63) is 83.9 Å². The van der Waals surface area contributed by atoms with Crippen LogP contribution in [0.1, 0.15) is 20.7 Å². The first kappa shape index (κ1) is 22.8. The number of ether oxygens (including phenoxy) is 2. The molecule has 0 unspecified atom stereocenters. The van der Waals surface area contributed by atoms with Gasteiger partial charge in [-0.05, 0) is 54.6 Å². The standard InChI is InChI=1S/C27H25N3O4/c1-30(2)27(32)17-9-12-19(13-10-17)28-26(31)21-16-23(29-22-8-6-5-7-20(21)22)18-11-14-24(33-3)25(15-18)34-4/h5-16H,1-4H3,(H,28,31). The second kappa shape index (κ2) is 9.62. The normalized spacial score (nSPS) is 10.6. The predicted octanol–water partition coefficient (Wildman–Crippen LogP) is 4.87. The number of hydrogen-bond donors (Lipinski definition) is 1. The highest BCUT2D eigenvalue weighted by Gasteiger charge is 2.16. The maximum atomic E-state index is 13.3. The molecule has 0 saturated heterocycles. The summed E-state index contributed by atoms with van der Waals surface area (Å²) in [6.07, 6.45) is 0. The predicted molar refractivity (Wildman–Crippen MR) is 133 cm³/mol. The number of pyridine rings is 1. The first-order valence-electron chi connectivity index (χ1n) is 10.7. The molecule has 2 amide bonds. The van der Waals surface area contributed by atoms with Gasteiger partial charge in [0.2, 0.25) is 0 Å². The van der Waals surface area contributed by atoms with Gasteiger partial charge in [-0.2, -0.15) is 0 Å². The number of anilines is 1. The van der Waals surface area contributed by atoms with E-state index in [4.69, 9.17) is 14.5 Å². The van der Waals surface area contributed by atoms with Crippen LogP contribution in [-0.2, 0) is 0 Å². The smallest absolute Gasteiger partial charge is 0.256 e. The fraction of sp³-hybridized carbons (Fsp3) is 0.148. The third-order valence-corrected chi connectivity index (χ3v) is 5.44. The quantitative estimate of drug-likeness (QED) is 0.449. The number of carbonyl (C=O) groups is 2. The Hall–Kier alpha value is -4.39. The molecule has 34 heavy (non-hydrogen) atoms. The van der Waals surface area contributed by atoms with Gasteiger partial charge in [0.15, 0.2) is 11.5 Å². The Bertz CT molecular complexity index is 1360. The Labute approximate surface area is 197 Å². The molecule has 0 aliphatic rings. The van der Waals surface area contributed by atoms with Gasteiger partial charge in [0.1, 0.15) is 0 Å². The minimum atomic E-state index is -0.271. The Kier molecular flexibility index (Phi) is 6.45. The molecule has 0 spiro atoms. The van der Waals surface area contributed by atoms with Crippen molar-refractivity contribution in [3.63, 3.8) is 0 Å². The fourth-order valence-corrected chi connectivity index (χ4v) is 3.66. The molecule has 1 N–H and O–H groups in total. The summed E-state index contributed by atoms with van der Waals surface area (Å²) in [6, 6.07) is 21.6. The van der Waals surface area contributed by atoms with E-state index in [-0.39, 0.29) is 11.8 Å². The van der Waals surface area contributed by atoms with E-state index in [9.17, 15) is 9.59 Å². The Morgan fingerprint density at radius 3 is 2.24 bits per heavy atom. The molecule has 172 valence electrons. The lowest BCUT2D eigenvalue weighted by molar-refractivity contribution is 0.0827.